The first-order valence-corrected chi connectivity index (χ1v) is 7.66. The van der Waals surface area contributed by atoms with E-state index < -0.39 is 10.0 Å². The van der Waals surface area contributed by atoms with Gasteiger partial charge in [0.1, 0.15) is 15.8 Å². The predicted molar refractivity (Wildman–Crippen MR) is 76.9 cm³/mol. The molecule has 0 atom stereocenters. The molecule has 0 spiro atoms. The molecule has 0 saturated carbocycles. The van der Waals surface area contributed by atoms with E-state index in [1.165, 1.54) is 36.9 Å². The summed E-state index contributed by atoms with van der Waals surface area (Å²) in [5.74, 6) is -0.240. The standard InChI is InChI=1S/C11H11Cl2N3O3S/c1-6-10(11(13)16(2)14-6)20(18,19)15-8-5-7(12)3-4-9(8)17/h3-5,15,17H,1-2H3. The lowest BCUT2D eigenvalue weighted by Gasteiger charge is -2.09. The molecule has 2 aromatic rings. The number of hydrogen-bond donors (Lipinski definition) is 2. The molecule has 0 aliphatic rings. The zero-order valence-corrected chi connectivity index (χ0v) is 12.9. The molecule has 0 bridgehead atoms. The van der Waals surface area contributed by atoms with Crippen LogP contribution >= 0.6 is 23.2 Å². The van der Waals surface area contributed by atoms with E-state index in [1.54, 1.807) is 0 Å². The summed E-state index contributed by atoms with van der Waals surface area (Å²) in [6.45, 7) is 1.53. The third-order valence-electron chi connectivity index (χ3n) is 2.57. The van der Waals surface area contributed by atoms with Gasteiger partial charge in [-0.05, 0) is 25.1 Å². The van der Waals surface area contributed by atoms with E-state index in [-0.39, 0.29) is 32.2 Å². The summed E-state index contributed by atoms with van der Waals surface area (Å²) < 4.78 is 28.1. The molecular weight excluding hydrogens is 325 g/mol. The second kappa shape index (κ2) is 5.16. The Kier molecular flexibility index (Phi) is 3.86. The number of rotatable bonds is 3. The quantitative estimate of drug-likeness (QED) is 0.844. The third-order valence-corrected chi connectivity index (χ3v) is 4.87. The predicted octanol–water partition coefficient (Wildman–Crippen LogP) is 2.54. The van der Waals surface area contributed by atoms with Crippen LogP contribution in [0.5, 0.6) is 5.75 Å². The van der Waals surface area contributed by atoms with E-state index in [1.807, 2.05) is 0 Å². The molecule has 2 N–H and O–H groups in total. The van der Waals surface area contributed by atoms with E-state index in [9.17, 15) is 13.5 Å². The second-order valence-corrected chi connectivity index (χ2v) is 6.51. The van der Waals surface area contributed by atoms with Gasteiger partial charge in [0.15, 0.2) is 0 Å². The van der Waals surface area contributed by atoms with Gasteiger partial charge in [-0.3, -0.25) is 9.40 Å². The van der Waals surface area contributed by atoms with Crippen molar-refractivity contribution < 1.29 is 13.5 Å². The summed E-state index contributed by atoms with van der Waals surface area (Å²) in [5.41, 5.74) is 0.225. The number of phenols is 1. The van der Waals surface area contributed by atoms with Crippen molar-refractivity contribution >= 4 is 38.9 Å². The largest absolute Gasteiger partial charge is 0.506 e. The van der Waals surface area contributed by atoms with Crippen molar-refractivity contribution in [3.63, 3.8) is 0 Å². The number of aryl methyl sites for hydroxylation is 2. The van der Waals surface area contributed by atoms with Crippen LogP contribution in [0.15, 0.2) is 23.1 Å². The number of phenolic OH excluding ortho intramolecular Hbond substituents is 1. The minimum Gasteiger partial charge on any atom is -0.506 e. The van der Waals surface area contributed by atoms with Gasteiger partial charge in [-0.15, -0.1) is 0 Å². The molecule has 0 saturated heterocycles. The topological polar surface area (TPSA) is 84.2 Å². The molecule has 0 fully saturated rings. The van der Waals surface area contributed by atoms with E-state index in [4.69, 9.17) is 23.2 Å². The Morgan fingerprint density at radius 2 is 2.00 bits per heavy atom. The first kappa shape index (κ1) is 15.0. The molecule has 1 heterocycles. The van der Waals surface area contributed by atoms with Gasteiger partial charge in [-0.25, -0.2) is 8.42 Å². The summed E-state index contributed by atoms with van der Waals surface area (Å²) in [4.78, 5) is -0.138. The number of aromatic hydroxyl groups is 1. The van der Waals surface area contributed by atoms with Crippen molar-refractivity contribution in [1.29, 1.82) is 0 Å². The average molecular weight is 336 g/mol. The van der Waals surface area contributed by atoms with Gasteiger partial charge >= 0.3 is 0 Å². The fourth-order valence-electron chi connectivity index (χ4n) is 1.70. The number of sulfonamides is 1. The van der Waals surface area contributed by atoms with Crippen molar-refractivity contribution in [3.8, 4) is 5.75 Å². The van der Waals surface area contributed by atoms with Crippen molar-refractivity contribution in [1.82, 2.24) is 9.78 Å². The van der Waals surface area contributed by atoms with Crippen LogP contribution in [0.3, 0.4) is 0 Å². The molecule has 2 rings (SSSR count). The number of nitrogens with zero attached hydrogens (tertiary/aromatic N) is 2. The van der Waals surface area contributed by atoms with Gasteiger partial charge in [-0.2, -0.15) is 5.10 Å². The van der Waals surface area contributed by atoms with E-state index in [2.05, 4.69) is 9.82 Å². The lowest BCUT2D eigenvalue weighted by atomic mass is 10.3. The van der Waals surface area contributed by atoms with Crippen LogP contribution in [0.1, 0.15) is 5.69 Å². The molecule has 0 unspecified atom stereocenters. The van der Waals surface area contributed by atoms with E-state index in [0.29, 0.717) is 0 Å². The lowest BCUT2D eigenvalue weighted by molar-refractivity contribution is 0.477. The van der Waals surface area contributed by atoms with Crippen LogP contribution in [-0.4, -0.2) is 23.3 Å². The fourth-order valence-corrected chi connectivity index (χ4v) is 3.69. The first-order chi connectivity index (χ1) is 9.22. The first-order valence-electron chi connectivity index (χ1n) is 5.43. The molecule has 20 heavy (non-hydrogen) atoms. The molecule has 0 aliphatic carbocycles. The molecule has 0 radical (unpaired) electrons. The Labute approximate surface area is 126 Å². The second-order valence-electron chi connectivity index (χ2n) is 4.10. The van der Waals surface area contributed by atoms with Crippen LogP contribution in [0.4, 0.5) is 5.69 Å². The Morgan fingerprint density at radius 1 is 1.35 bits per heavy atom. The van der Waals surface area contributed by atoms with Crippen molar-refractivity contribution in [2.24, 2.45) is 7.05 Å². The Hall–Kier alpha value is -1.44. The summed E-state index contributed by atoms with van der Waals surface area (Å²) in [6, 6.07) is 4.03. The smallest absolute Gasteiger partial charge is 0.266 e. The van der Waals surface area contributed by atoms with E-state index in [0.717, 1.165) is 0 Å². The van der Waals surface area contributed by atoms with Crippen molar-refractivity contribution in [2.75, 3.05) is 4.72 Å². The van der Waals surface area contributed by atoms with Gasteiger partial charge in [0.25, 0.3) is 10.0 Å². The zero-order chi connectivity index (χ0) is 15.1. The normalized spacial score (nSPS) is 11.6. The highest BCUT2D eigenvalue weighted by atomic mass is 35.5. The number of nitrogens with one attached hydrogen (secondary N) is 1. The fraction of sp³-hybridized carbons (Fsp3) is 0.182. The van der Waals surface area contributed by atoms with Crippen LogP contribution in [0.2, 0.25) is 10.2 Å². The Bertz CT molecular complexity index is 771. The van der Waals surface area contributed by atoms with Gasteiger partial charge in [-0.1, -0.05) is 23.2 Å². The lowest BCUT2D eigenvalue weighted by Crippen LogP contribution is -2.14. The molecule has 0 amide bonds. The van der Waals surface area contributed by atoms with E-state index >= 15 is 0 Å². The number of halogens is 2. The minimum atomic E-state index is -3.98. The highest BCUT2D eigenvalue weighted by Gasteiger charge is 2.26. The minimum absolute atomic E-state index is 0.0171. The monoisotopic (exact) mass is 335 g/mol. The molecule has 6 nitrogen and oxygen atoms in total. The molecule has 1 aromatic carbocycles. The summed E-state index contributed by atoms with van der Waals surface area (Å²) >= 11 is 11.7. The van der Waals surface area contributed by atoms with Crippen molar-refractivity contribution in [2.45, 2.75) is 11.8 Å². The number of benzene rings is 1. The van der Waals surface area contributed by atoms with Gasteiger partial charge < -0.3 is 5.11 Å². The SMILES string of the molecule is Cc1nn(C)c(Cl)c1S(=O)(=O)Nc1cc(Cl)ccc1O. The van der Waals surface area contributed by atoms with Crippen LogP contribution < -0.4 is 4.72 Å². The van der Waals surface area contributed by atoms with Gasteiger partial charge in [0.2, 0.25) is 0 Å². The van der Waals surface area contributed by atoms with Gasteiger partial charge in [0, 0.05) is 12.1 Å². The van der Waals surface area contributed by atoms with Crippen LogP contribution in [0.25, 0.3) is 0 Å². The molecule has 108 valence electrons. The summed E-state index contributed by atoms with van der Waals surface area (Å²) in [7, 11) is -2.44. The highest BCUT2D eigenvalue weighted by Crippen LogP contribution is 2.31. The average Bonchev–Trinajstić information content (AvgIpc) is 2.58. The highest BCUT2D eigenvalue weighted by molar-refractivity contribution is 7.92. The Balaban J connectivity index is 2.49. The number of aromatic nitrogens is 2. The maximum atomic E-state index is 12.3. The molecule has 0 aliphatic heterocycles. The van der Waals surface area contributed by atoms with Crippen LogP contribution in [0, 0.1) is 6.92 Å². The Morgan fingerprint density at radius 3 is 2.55 bits per heavy atom. The van der Waals surface area contributed by atoms with Crippen LogP contribution in [-0.2, 0) is 17.1 Å². The van der Waals surface area contributed by atoms with Crippen molar-refractivity contribution in [3.05, 3.63) is 34.1 Å². The summed E-state index contributed by atoms with van der Waals surface area (Å²) in [5, 5.41) is 13.9. The number of hydrogen-bond acceptors (Lipinski definition) is 4. The molecule has 9 heteroatoms. The van der Waals surface area contributed by atoms with Gasteiger partial charge in [0.05, 0.1) is 11.4 Å². The number of anilines is 1. The zero-order valence-electron chi connectivity index (χ0n) is 10.6. The maximum Gasteiger partial charge on any atom is 0.266 e. The third kappa shape index (κ3) is 2.70. The molecule has 1 aromatic heterocycles. The maximum absolute atomic E-state index is 12.3. The molecular formula is C11H11Cl2N3O3S. The summed E-state index contributed by atoms with van der Waals surface area (Å²) in [6.07, 6.45) is 0.